The minimum atomic E-state index is -0.839. The van der Waals surface area contributed by atoms with E-state index in [4.69, 9.17) is 23.2 Å². The lowest BCUT2D eigenvalue weighted by Crippen LogP contribution is -2.40. The Balaban J connectivity index is 1.87. The van der Waals surface area contributed by atoms with Crippen LogP contribution in [0.2, 0.25) is 10.0 Å². The number of anilines is 1. The highest BCUT2D eigenvalue weighted by molar-refractivity contribution is 6.36. The van der Waals surface area contributed by atoms with Crippen molar-refractivity contribution >= 4 is 35.0 Å². The zero-order valence-corrected chi connectivity index (χ0v) is 18.4. The maximum absolute atomic E-state index is 11.8. The van der Waals surface area contributed by atoms with Gasteiger partial charge in [0.2, 0.25) is 0 Å². The van der Waals surface area contributed by atoms with E-state index in [0.29, 0.717) is 23.1 Å². The van der Waals surface area contributed by atoms with Crippen LogP contribution >= 0.6 is 23.2 Å². The number of rotatable bonds is 1. The largest absolute Gasteiger partial charge is 0.465 e. The van der Waals surface area contributed by atoms with Gasteiger partial charge in [-0.15, -0.1) is 0 Å². The Hall–Kier alpha value is -1.91. The van der Waals surface area contributed by atoms with E-state index < -0.39 is 6.09 Å². The Morgan fingerprint density at radius 1 is 1.17 bits per heavy atom. The van der Waals surface area contributed by atoms with Crippen LogP contribution in [0.4, 0.5) is 10.5 Å². The Morgan fingerprint density at radius 2 is 1.93 bits per heavy atom. The molecule has 2 N–H and O–H groups in total. The Labute approximate surface area is 181 Å². The third-order valence-corrected chi connectivity index (χ3v) is 6.93. The van der Waals surface area contributed by atoms with Crippen molar-refractivity contribution in [1.29, 1.82) is 0 Å². The van der Waals surface area contributed by atoms with E-state index in [2.05, 4.69) is 38.2 Å². The molecule has 1 saturated heterocycles. The Bertz CT molecular complexity index is 954. The Kier molecular flexibility index (Phi) is 5.20. The summed E-state index contributed by atoms with van der Waals surface area (Å²) in [5, 5.41) is 14.6. The van der Waals surface area contributed by atoms with Crippen molar-refractivity contribution in [3.05, 3.63) is 52.0 Å². The van der Waals surface area contributed by atoms with Crippen molar-refractivity contribution in [1.82, 2.24) is 4.90 Å². The molecule has 0 aliphatic carbocycles. The molecular formula is C23H26Cl2N2O2. The molecule has 4 rings (SSSR count). The van der Waals surface area contributed by atoms with Gasteiger partial charge in [0.25, 0.3) is 0 Å². The minimum absolute atomic E-state index is 0.0544. The summed E-state index contributed by atoms with van der Waals surface area (Å²) in [5.41, 5.74) is 4.38. The normalized spacial score (nSPS) is 23.8. The number of nitrogens with one attached hydrogen (secondary N) is 1. The molecule has 2 aromatic carbocycles. The summed E-state index contributed by atoms with van der Waals surface area (Å²) >= 11 is 12.7. The third kappa shape index (κ3) is 3.69. The summed E-state index contributed by atoms with van der Waals surface area (Å²) in [6.45, 7) is 7.69. The van der Waals surface area contributed by atoms with Crippen molar-refractivity contribution < 1.29 is 9.90 Å². The number of halogens is 2. The first kappa shape index (κ1) is 20.4. The summed E-state index contributed by atoms with van der Waals surface area (Å²) in [5.74, 6) is 0.379. The molecule has 29 heavy (non-hydrogen) atoms. The lowest BCUT2D eigenvalue weighted by Gasteiger charge is -2.38. The predicted octanol–water partition coefficient (Wildman–Crippen LogP) is 6.58. The van der Waals surface area contributed by atoms with Gasteiger partial charge in [0.15, 0.2) is 0 Å². The first-order chi connectivity index (χ1) is 13.7. The molecule has 2 aliphatic rings. The van der Waals surface area contributed by atoms with Crippen molar-refractivity contribution in [2.45, 2.75) is 39.2 Å². The van der Waals surface area contributed by atoms with E-state index in [0.717, 1.165) is 23.2 Å². The SMILES string of the molecule is CC(C)(C)C1CN(C(=O)O)CCC2Nc3cccc(-c4ccc(Cl)cc4Cl)c3C21. The predicted molar refractivity (Wildman–Crippen MR) is 119 cm³/mol. The zero-order valence-electron chi connectivity index (χ0n) is 16.9. The highest BCUT2D eigenvalue weighted by atomic mass is 35.5. The highest BCUT2D eigenvalue weighted by Crippen LogP contribution is 2.52. The molecule has 154 valence electrons. The molecule has 1 fully saturated rings. The molecule has 6 heteroatoms. The topological polar surface area (TPSA) is 52.6 Å². The molecule has 2 heterocycles. The summed E-state index contributed by atoms with van der Waals surface area (Å²) in [6.07, 6.45) is -0.0556. The molecule has 0 bridgehead atoms. The van der Waals surface area contributed by atoms with Crippen molar-refractivity contribution in [2.24, 2.45) is 11.3 Å². The maximum Gasteiger partial charge on any atom is 0.407 e. The van der Waals surface area contributed by atoms with Crippen LogP contribution in [0, 0.1) is 11.3 Å². The second kappa shape index (κ2) is 7.41. The van der Waals surface area contributed by atoms with Crippen molar-refractivity contribution in [3.8, 4) is 11.1 Å². The van der Waals surface area contributed by atoms with Gasteiger partial charge >= 0.3 is 6.09 Å². The summed E-state index contributed by atoms with van der Waals surface area (Å²) in [7, 11) is 0. The molecule has 4 nitrogen and oxygen atoms in total. The van der Waals surface area contributed by atoms with E-state index in [1.54, 1.807) is 11.0 Å². The first-order valence-corrected chi connectivity index (χ1v) is 10.7. The molecule has 0 saturated carbocycles. The van der Waals surface area contributed by atoms with Gasteiger partial charge in [-0.25, -0.2) is 4.79 Å². The highest BCUT2D eigenvalue weighted by Gasteiger charge is 2.46. The molecule has 2 aliphatic heterocycles. The second-order valence-electron chi connectivity index (χ2n) is 9.16. The van der Waals surface area contributed by atoms with Crippen LogP contribution in [0.3, 0.4) is 0 Å². The van der Waals surface area contributed by atoms with Gasteiger partial charge in [0.05, 0.1) is 0 Å². The third-order valence-electron chi connectivity index (χ3n) is 6.38. The van der Waals surface area contributed by atoms with Gasteiger partial charge in [-0.3, -0.25) is 0 Å². The first-order valence-electron chi connectivity index (χ1n) is 9.99. The van der Waals surface area contributed by atoms with Gasteiger partial charge < -0.3 is 15.3 Å². The fourth-order valence-electron chi connectivity index (χ4n) is 4.94. The number of carbonyl (C=O) groups is 1. The summed E-state index contributed by atoms with van der Waals surface area (Å²) < 4.78 is 0. The van der Waals surface area contributed by atoms with Gasteiger partial charge in [-0.1, -0.05) is 62.2 Å². The van der Waals surface area contributed by atoms with Crippen LogP contribution in [0.15, 0.2) is 36.4 Å². The maximum atomic E-state index is 11.8. The number of likely N-dealkylation sites (tertiary alicyclic amines) is 1. The van der Waals surface area contributed by atoms with Crippen LogP contribution in [0.5, 0.6) is 0 Å². The number of hydrogen-bond acceptors (Lipinski definition) is 2. The van der Waals surface area contributed by atoms with E-state index in [-0.39, 0.29) is 23.3 Å². The number of nitrogens with zero attached hydrogens (tertiary/aromatic N) is 1. The average Bonchev–Trinajstić information content (AvgIpc) is 2.87. The van der Waals surface area contributed by atoms with Gasteiger partial charge in [0.1, 0.15) is 0 Å². The molecule has 2 aromatic rings. The minimum Gasteiger partial charge on any atom is -0.465 e. The molecule has 1 amide bonds. The van der Waals surface area contributed by atoms with E-state index in [1.165, 1.54) is 5.56 Å². The van der Waals surface area contributed by atoms with Gasteiger partial charge in [-0.05, 0) is 47.1 Å². The van der Waals surface area contributed by atoms with Crippen LogP contribution in [0.25, 0.3) is 11.1 Å². The monoisotopic (exact) mass is 432 g/mol. The van der Waals surface area contributed by atoms with Gasteiger partial charge in [-0.2, -0.15) is 0 Å². The number of benzene rings is 2. The number of hydrogen-bond donors (Lipinski definition) is 2. The molecule has 0 radical (unpaired) electrons. The Morgan fingerprint density at radius 3 is 2.59 bits per heavy atom. The fraction of sp³-hybridized carbons (Fsp3) is 0.435. The molecule has 0 spiro atoms. The second-order valence-corrected chi connectivity index (χ2v) is 10.0. The summed E-state index contributed by atoms with van der Waals surface area (Å²) in [6, 6.07) is 12.1. The zero-order chi connectivity index (χ0) is 20.9. The lowest BCUT2D eigenvalue weighted by atomic mass is 9.68. The van der Waals surface area contributed by atoms with Crippen LogP contribution in [-0.4, -0.2) is 35.2 Å². The standard InChI is InChI=1S/C23H26Cl2N2O2/c1-23(2,3)16-12-27(22(28)29)10-9-19-21(16)20-15(5-4-6-18(20)26-19)14-8-7-13(24)11-17(14)25/h4-8,11,16,19,21,26H,9-10,12H2,1-3H3,(H,28,29). The van der Waals surface area contributed by atoms with E-state index in [1.807, 2.05) is 18.2 Å². The molecule has 0 aromatic heterocycles. The van der Waals surface area contributed by atoms with Gasteiger partial charge in [0, 0.05) is 46.3 Å². The van der Waals surface area contributed by atoms with Crippen LogP contribution in [-0.2, 0) is 0 Å². The van der Waals surface area contributed by atoms with E-state index >= 15 is 0 Å². The van der Waals surface area contributed by atoms with Crippen molar-refractivity contribution in [3.63, 3.8) is 0 Å². The number of carboxylic acid groups (broad SMARTS) is 1. The summed E-state index contributed by atoms with van der Waals surface area (Å²) in [4.78, 5) is 13.4. The van der Waals surface area contributed by atoms with Crippen LogP contribution in [0.1, 0.15) is 38.7 Å². The van der Waals surface area contributed by atoms with Crippen LogP contribution < -0.4 is 5.32 Å². The smallest absolute Gasteiger partial charge is 0.407 e. The fourth-order valence-corrected chi connectivity index (χ4v) is 5.45. The quantitative estimate of drug-likeness (QED) is 0.534. The molecular weight excluding hydrogens is 407 g/mol. The lowest BCUT2D eigenvalue weighted by molar-refractivity contribution is 0.116. The molecule has 3 unspecified atom stereocenters. The van der Waals surface area contributed by atoms with E-state index in [9.17, 15) is 9.90 Å². The number of amides is 1. The van der Waals surface area contributed by atoms with Crippen molar-refractivity contribution in [2.75, 3.05) is 18.4 Å². The molecule has 3 atom stereocenters. The average molecular weight is 433 g/mol. The number of fused-ring (bicyclic) bond motifs is 3.